The molecule has 2 aromatic rings. The van der Waals surface area contributed by atoms with E-state index in [0.717, 1.165) is 29.7 Å². The maximum atomic E-state index is 12.6. The van der Waals surface area contributed by atoms with Crippen LogP contribution in [0.15, 0.2) is 42.7 Å². The number of ether oxygens (including phenoxy) is 1. The van der Waals surface area contributed by atoms with Crippen LogP contribution < -0.4 is 10.1 Å². The van der Waals surface area contributed by atoms with E-state index in [1.807, 2.05) is 24.3 Å². The minimum atomic E-state index is -1.16. The van der Waals surface area contributed by atoms with Gasteiger partial charge in [0, 0.05) is 18.0 Å². The van der Waals surface area contributed by atoms with Gasteiger partial charge in [0.1, 0.15) is 11.3 Å². The summed E-state index contributed by atoms with van der Waals surface area (Å²) < 4.78 is 5.14. The van der Waals surface area contributed by atoms with Crippen LogP contribution in [0.3, 0.4) is 0 Å². The Hall–Kier alpha value is -2.89. The SMILES string of the molecule is COc1ccc(-c2cncc(C(=O)NC3(C(=O)O)CCCC3)c2)cc1. The lowest BCUT2D eigenvalue weighted by Crippen LogP contribution is -2.52. The fourth-order valence-electron chi connectivity index (χ4n) is 3.17. The average Bonchev–Trinajstić information content (AvgIpc) is 3.12. The van der Waals surface area contributed by atoms with Crippen molar-refractivity contribution in [1.82, 2.24) is 10.3 Å². The van der Waals surface area contributed by atoms with E-state index in [9.17, 15) is 14.7 Å². The Morgan fingerprint density at radius 1 is 1.12 bits per heavy atom. The van der Waals surface area contributed by atoms with E-state index in [1.165, 1.54) is 6.20 Å². The van der Waals surface area contributed by atoms with Crippen LogP contribution in [-0.2, 0) is 4.79 Å². The number of amides is 1. The molecular weight excluding hydrogens is 320 g/mol. The number of benzene rings is 1. The Kier molecular flexibility index (Phi) is 4.70. The number of nitrogens with one attached hydrogen (secondary N) is 1. The molecule has 1 saturated carbocycles. The minimum absolute atomic E-state index is 0.348. The Labute approximate surface area is 145 Å². The van der Waals surface area contributed by atoms with E-state index < -0.39 is 17.4 Å². The van der Waals surface area contributed by atoms with E-state index in [0.29, 0.717) is 18.4 Å². The first-order valence-electron chi connectivity index (χ1n) is 8.19. The van der Waals surface area contributed by atoms with Crippen LogP contribution in [0.4, 0.5) is 0 Å². The zero-order valence-corrected chi connectivity index (χ0v) is 14.0. The van der Waals surface area contributed by atoms with E-state index in [-0.39, 0.29) is 0 Å². The van der Waals surface area contributed by atoms with Crippen LogP contribution >= 0.6 is 0 Å². The number of carbonyl (C=O) groups excluding carboxylic acids is 1. The quantitative estimate of drug-likeness (QED) is 0.874. The summed E-state index contributed by atoms with van der Waals surface area (Å²) in [6, 6.07) is 9.15. The molecule has 1 amide bonds. The summed E-state index contributed by atoms with van der Waals surface area (Å²) in [6.07, 6.45) is 5.64. The Morgan fingerprint density at radius 2 is 1.80 bits per heavy atom. The Morgan fingerprint density at radius 3 is 2.40 bits per heavy atom. The van der Waals surface area contributed by atoms with Gasteiger partial charge < -0.3 is 15.2 Å². The highest BCUT2D eigenvalue weighted by Crippen LogP contribution is 2.30. The molecule has 1 aliphatic carbocycles. The average molecular weight is 340 g/mol. The van der Waals surface area contributed by atoms with Gasteiger partial charge in [0.15, 0.2) is 0 Å². The summed E-state index contributed by atoms with van der Waals surface area (Å²) in [5.74, 6) is -0.639. The van der Waals surface area contributed by atoms with Crippen molar-refractivity contribution in [1.29, 1.82) is 0 Å². The third kappa shape index (κ3) is 3.47. The van der Waals surface area contributed by atoms with Gasteiger partial charge in [0.05, 0.1) is 12.7 Å². The van der Waals surface area contributed by atoms with E-state index >= 15 is 0 Å². The molecule has 130 valence electrons. The van der Waals surface area contributed by atoms with Crippen LogP contribution in [0.25, 0.3) is 11.1 Å². The molecule has 3 rings (SSSR count). The molecule has 0 spiro atoms. The van der Waals surface area contributed by atoms with Gasteiger partial charge in [-0.25, -0.2) is 4.79 Å². The number of pyridine rings is 1. The first kappa shape index (κ1) is 17.0. The fourth-order valence-corrected chi connectivity index (χ4v) is 3.17. The largest absolute Gasteiger partial charge is 0.497 e. The molecule has 0 aliphatic heterocycles. The molecule has 1 aromatic carbocycles. The van der Waals surface area contributed by atoms with Crippen molar-refractivity contribution in [2.75, 3.05) is 7.11 Å². The Balaban J connectivity index is 1.83. The highest BCUT2D eigenvalue weighted by atomic mass is 16.5. The normalized spacial score (nSPS) is 15.6. The van der Waals surface area contributed by atoms with Gasteiger partial charge in [0.2, 0.25) is 0 Å². The van der Waals surface area contributed by atoms with E-state index in [2.05, 4.69) is 10.3 Å². The zero-order valence-electron chi connectivity index (χ0n) is 14.0. The van der Waals surface area contributed by atoms with Gasteiger partial charge in [-0.2, -0.15) is 0 Å². The lowest BCUT2D eigenvalue weighted by molar-refractivity contribution is -0.144. The summed E-state index contributed by atoms with van der Waals surface area (Å²) in [4.78, 5) is 28.3. The maximum absolute atomic E-state index is 12.6. The van der Waals surface area contributed by atoms with Crippen LogP contribution in [0.5, 0.6) is 5.75 Å². The number of rotatable bonds is 5. The molecule has 1 aliphatic rings. The monoisotopic (exact) mass is 340 g/mol. The van der Waals surface area contributed by atoms with Crippen molar-refractivity contribution in [2.24, 2.45) is 0 Å². The third-order valence-electron chi connectivity index (χ3n) is 4.64. The van der Waals surface area contributed by atoms with Crippen molar-refractivity contribution in [2.45, 2.75) is 31.2 Å². The topological polar surface area (TPSA) is 88.5 Å². The number of nitrogens with zero attached hydrogens (tertiary/aromatic N) is 1. The molecule has 0 unspecified atom stereocenters. The number of methoxy groups -OCH3 is 1. The van der Waals surface area contributed by atoms with Crippen molar-refractivity contribution in [3.05, 3.63) is 48.3 Å². The van der Waals surface area contributed by atoms with Crippen molar-refractivity contribution in [3.8, 4) is 16.9 Å². The minimum Gasteiger partial charge on any atom is -0.497 e. The summed E-state index contributed by atoms with van der Waals surface area (Å²) >= 11 is 0. The van der Waals surface area contributed by atoms with Gasteiger partial charge in [-0.1, -0.05) is 25.0 Å². The Bertz CT molecular complexity index is 780. The van der Waals surface area contributed by atoms with Crippen molar-refractivity contribution < 1.29 is 19.4 Å². The molecule has 25 heavy (non-hydrogen) atoms. The molecule has 0 saturated heterocycles. The van der Waals surface area contributed by atoms with Gasteiger partial charge in [-0.15, -0.1) is 0 Å². The first-order chi connectivity index (χ1) is 12.0. The second-order valence-electron chi connectivity index (χ2n) is 6.24. The fraction of sp³-hybridized carbons (Fsp3) is 0.316. The van der Waals surface area contributed by atoms with E-state index in [4.69, 9.17) is 4.74 Å². The van der Waals surface area contributed by atoms with Gasteiger partial charge in [0.25, 0.3) is 5.91 Å². The second kappa shape index (κ2) is 6.93. The van der Waals surface area contributed by atoms with E-state index in [1.54, 1.807) is 19.4 Å². The summed E-state index contributed by atoms with van der Waals surface area (Å²) in [7, 11) is 1.60. The molecule has 2 N–H and O–H groups in total. The zero-order chi connectivity index (χ0) is 17.9. The molecule has 6 heteroatoms. The molecule has 0 bridgehead atoms. The number of aromatic nitrogens is 1. The number of carbonyl (C=O) groups is 2. The molecule has 0 atom stereocenters. The number of hydrogen-bond donors (Lipinski definition) is 2. The predicted molar refractivity (Wildman–Crippen MR) is 92.5 cm³/mol. The number of carboxylic acids is 1. The van der Waals surface area contributed by atoms with Gasteiger partial charge >= 0.3 is 5.97 Å². The summed E-state index contributed by atoms with van der Waals surface area (Å²) in [5, 5.41) is 12.2. The third-order valence-corrected chi connectivity index (χ3v) is 4.64. The van der Waals surface area contributed by atoms with Crippen LogP contribution in [0.2, 0.25) is 0 Å². The standard InChI is InChI=1S/C19H20N2O4/c1-25-16-6-4-13(5-7-16)14-10-15(12-20-11-14)17(22)21-19(18(23)24)8-2-3-9-19/h4-7,10-12H,2-3,8-9H2,1H3,(H,21,22)(H,23,24). The number of hydrogen-bond acceptors (Lipinski definition) is 4. The highest BCUT2D eigenvalue weighted by molar-refractivity contribution is 5.98. The molecular formula is C19H20N2O4. The van der Waals surface area contributed by atoms with Gasteiger partial charge in [-0.3, -0.25) is 9.78 Å². The number of aliphatic carboxylic acids is 1. The molecule has 6 nitrogen and oxygen atoms in total. The van der Waals surface area contributed by atoms with Crippen LogP contribution in [0.1, 0.15) is 36.0 Å². The van der Waals surface area contributed by atoms with Crippen molar-refractivity contribution >= 4 is 11.9 Å². The number of carboxylic acid groups (broad SMARTS) is 1. The predicted octanol–water partition coefficient (Wildman–Crippen LogP) is 2.88. The van der Waals surface area contributed by atoms with Crippen molar-refractivity contribution in [3.63, 3.8) is 0 Å². The highest BCUT2D eigenvalue weighted by Gasteiger charge is 2.42. The first-order valence-corrected chi connectivity index (χ1v) is 8.19. The summed E-state index contributed by atoms with van der Waals surface area (Å²) in [6.45, 7) is 0. The lowest BCUT2D eigenvalue weighted by Gasteiger charge is -2.25. The molecule has 1 aromatic heterocycles. The maximum Gasteiger partial charge on any atom is 0.329 e. The summed E-state index contributed by atoms with van der Waals surface area (Å²) in [5.41, 5.74) is 0.872. The molecule has 1 heterocycles. The molecule has 1 fully saturated rings. The second-order valence-corrected chi connectivity index (χ2v) is 6.24. The molecule has 0 radical (unpaired) electrons. The van der Waals surface area contributed by atoms with Crippen LogP contribution in [0, 0.1) is 0 Å². The van der Waals surface area contributed by atoms with Gasteiger partial charge in [-0.05, 0) is 36.6 Å². The lowest BCUT2D eigenvalue weighted by atomic mass is 9.97. The smallest absolute Gasteiger partial charge is 0.329 e. The van der Waals surface area contributed by atoms with Crippen LogP contribution in [-0.4, -0.2) is 34.6 Å².